The Morgan fingerprint density at radius 3 is 2.37 bits per heavy atom. The molecule has 1 atom stereocenters. The lowest BCUT2D eigenvalue weighted by Gasteiger charge is -2.26. The van der Waals surface area contributed by atoms with E-state index in [0.29, 0.717) is 6.54 Å². The summed E-state index contributed by atoms with van der Waals surface area (Å²) in [6.07, 6.45) is 6.68. The van der Waals surface area contributed by atoms with Gasteiger partial charge < -0.3 is 14.8 Å². The predicted octanol–water partition coefficient (Wildman–Crippen LogP) is 3.76. The smallest absolute Gasteiger partial charge is 0.330 e. The Hall–Kier alpha value is -2.40. The van der Waals surface area contributed by atoms with Crippen LogP contribution in [0.25, 0.3) is 6.08 Å². The van der Waals surface area contributed by atoms with E-state index >= 15 is 0 Å². The van der Waals surface area contributed by atoms with Crippen LogP contribution in [0.1, 0.15) is 40.2 Å². The lowest BCUT2D eigenvalue weighted by atomic mass is 10.0. The topological polar surface area (TPSA) is 64.6 Å². The molecule has 5 heteroatoms. The first kappa shape index (κ1) is 22.6. The minimum atomic E-state index is -0.529. The Kier molecular flexibility index (Phi) is 9.51. The van der Waals surface area contributed by atoms with E-state index in [-0.39, 0.29) is 18.5 Å². The zero-order valence-electron chi connectivity index (χ0n) is 16.9. The first-order valence-electron chi connectivity index (χ1n) is 9.20. The number of carbonyl (C=O) groups is 2. The van der Waals surface area contributed by atoms with Gasteiger partial charge in [-0.15, -0.1) is 0 Å². The monoisotopic (exact) mass is 373 g/mol. The molecular weight excluding hydrogens is 342 g/mol. The van der Waals surface area contributed by atoms with Crippen LogP contribution in [-0.2, 0) is 19.1 Å². The zero-order chi connectivity index (χ0) is 20.3. The zero-order valence-corrected chi connectivity index (χ0v) is 16.9. The van der Waals surface area contributed by atoms with E-state index in [0.717, 1.165) is 5.56 Å². The van der Waals surface area contributed by atoms with Gasteiger partial charge in [0.25, 0.3) is 0 Å². The van der Waals surface area contributed by atoms with Crippen LogP contribution >= 0.6 is 0 Å². The maximum atomic E-state index is 12.2. The van der Waals surface area contributed by atoms with E-state index < -0.39 is 17.6 Å². The molecule has 1 N–H and O–H groups in total. The summed E-state index contributed by atoms with van der Waals surface area (Å²) in [5.41, 5.74) is 0.522. The van der Waals surface area contributed by atoms with Crippen LogP contribution in [0.3, 0.4) is 0 Å². The van der Waals surface area contributed by atoms with Gasteiger partial charge in [0.05, 0.1) is 0 Å². The van der Waals surface area contributed by atoms with Gasteiger partial charge in [-0.05, 0) is 38.3 Å². The lowest BCUT2D eigenvalue weighted by Crippen LogP contribution is -2.44. The second-order valence-corrected chi connectivity index (χ2v) is 7.51. The van der Waals surface area contributed by atoms with E-state index in [4.69, 9.17) is 9.47 Å². The largest absolute Gasteiger partial charge is 0.459 e. The highest BCUT2D eigenvalue weighted by Gasteiger charge is 2.26. The van der Waals surface area contributed by atoms with Gasteiger partial charge >= 0.3 is 11.9 Å². The highest BCUT2D eigenvalue weighted by molar-refractivity contribution is 5.82. The van der Waals surface area contributed by atoms with Crippen molar-refractivity contribution in [1.29, 1.82) is 0 Å². The fourth-order valence-electron chi connectivity index (χ4n) is 2.23. The average Bonchev–Trinajstić information content (AvgIpc) is 2.57. The van der Waals surface area contributed by atoms with Crippen molar-refractivity contribution in [3.8, 4) is 0 Å². The molecule has 0 bridgehead atoms. The van der Waals surface area contributed by atoms with Crippen molar-refractivity contribution in [2.75, 3.05) is 13.2 Å². The Bertz CT molecular complexity index is 642. The molecule has 0 radical (unpaired) electrons. The second kappa shape index (κ2) is 11.3. The van der Waals surface area contributed by atoms with Gasteiger partial charge in [-0.2, -0.15) is 0 Å². The van der Waals surface area contributed by atoms with E-state index in [2.05, 4.69) is 5.32 Å². The van der Waals surface area contributed by atoms with Crippen LogP contribution < -0.4 is 5.32 Å². The summed E-state index contributed by atoms with van der Waals surface area (Å²) in [5, 5.41) is 3.10. The van der Waals surface area contributed by atoms with Crippen molar-refractivity contribution in [1.82, 2.24) is 5.32 Å². The second-order valence-electron chi connectivity index (χ2n) is 7.51. The molecule has 0 aliphatic heterocycles. The summed E-state index contributed by atoms with van der Waals surface area (Å²) in [5.74, 6) is -0.643. The number of benzene rings is 1. The summed E-state index contributed by atoms with van der Waals surface area (Å²) in [4.78, 5) is 23.9. The minimum Gasteiger partial charge on any atom is -0.459 e. The third kappa shape index (κ3) is 10.4. The number of nitrogens with one attached hydrogen (secondary N) is 1. The van der Waals surface area contributed by atoms with Crippen molar-refractivity contribution in [2.45, 2.75) is 46.3 Å². The molecule has 0 unspecified atom stereocenters. The molecule has 0 fully saturated rings. The molecule has 0 heterocycles. The molecule has 0 aromatic heterocycles. The molecule has 0 aliphatic carbocycles. The molecular formula is C22H31NO4. The molecule has 0 amide bonds. The van der Waals surface area contributed by atoms with Gasteiger partial charge in [0.2, 0.25) is 0 Å². The number of hydrogen-bond acceptors (Lipinski definition) is 5. The van der Waals surface area contributed by atoms with Crippen molar-refractivity contribution in [3.63, 3.8) is 0 Å². The maximum absolute atomic E-state index is 12.2. The van der Waals surface area contributed by atoms with Gasteiger partial charge in [0.1, 0.15) is 18.2 Å². The Morgan fingerprint density at radius 1 is 1.11 bits per heavy atom. The summed E-state index contributed by atoms with van der Waals surface area (Å²) in [7, 11) is 0. The Morgan fingerprint density at radius 2 is 1.78 bits per heavy atom. The third-order valence-electron chi connectivity index (χ3n) is 3.47. The van der Waals surface area contributed by atoms with E-state index in [1.807, 2.05) is 71.0 Å². The van der Waals surface area contributed by atoms with Crippen LogP contribution in [-0.4, -0.2) is 36.7 Å². The molecule has 27 heavy (non-hydrogen) atoms. The molecule has 0 saturated carbocycles. The van der Waals surface area contributed by atoms with Crippen LogP contribution in [0.5, 0.6) is 0 Å². The molecule has 0 saturated heterocycles. The van der Waals surface area contributed by atoms with E-state index in [1.54, 1.807) is 12.2 Å². The minimum absolute atomic E-state index is 0.0725. The quantitative estimate of drug-likeness (QED) is 0.527. The van der Waals surface area contributed by atoms with Gasteiger partial charge in [-0.25, -0.2) is 4.79 Å². The maximum Gasteiger partial charge on any atom is 0.330 e. The molecule has 0 spiro atoms. The highest BCUT2D eigenvalue weighted by Crippen LogP contribution is 2.12. The molecule has 5 nitrogen and oxygen atoms in total. The van der Waals surface area contributed by atoms with Gasteiger partial charge in [-0.3, -0.25) is 4.79 Å². The molecule has 1 aromatic rings. The fraction of sp³-hybridized carbons (Fsp3) is 0.455. The summed E-state index contributed by atoms with van der Waals surface area (Å²) in [6.45, 7) is 9.98. The SMILES string of the molecule is CC(C)[C@H](NCC=CC(=O)OCC=Cc1ccccc1)C(=O)OC(C)(C)C. The fourth-order valence-corrected chi connectivity index (χ4v) is 2.23. The van der Waals surface area contributed by atoms with Crippen molar-refractivity contribution < 1.29 is 19.1 Å². The summed E-state index contributed by atoms with van der Waals surface area (Å²) in [6, 6.07) is 9.35. The number of esters is 2. The van der Waals surface area contributed by atoms with Gasteiger partial charge in [-0.1, -0.05) is 56.3 Å². The summed E-state index contributed by atoms with van der Waals surface area (Å²) >= 11 is 0. The molecule has 1 rings (SSSR count). The third-order valence-corrected chi connectivity index (χ3v) is 3.47. The van der Waals surface area contributed by atoms with Gasteiger partial charge in [0, 0.05) is 12.6 Å². The van der Waals surface area contributed by atoms with E-state index in [1.165, 1.54) is 6.08 Å². The number of hydrogen-bond donors (Lipinski definition) is 1. The van der Waals surface area contributed by atoms with E-state index in [9.17, 15) is 9.59 Å². The van der Waals surface area contributed by atoms with Crippen molar-refractivity contribution >= 4 is 18.0 Å². The number of carbonyl (C=O) groups excluding carboxylic acids is 2. The normalized spacial score (nSPS) is 13.3. The highest BCUT2D eigenvalue weighted by atomic mass is 16.6. The first-order chi connectivity index (χ1) is 12.7. The number of ether oxygens (including phenoxy) is 2. The number of rotatable bonds is 9. The van der Waals surface area contributed by atoms with Crippen LogP contribution in [0.15, 0.2) is 48.6 Å². The first-order valence-corrected chi connectivity index (χ1v) is 9.20. The standard InChI is InChI=1S/C22H31NO4/c1-17(2)20(21(25)27-22(3,4)5)23-15-9-14-19(24)26-16-10-13-18-11-7-6-8-12-18/h6-14,17,20,23H,15-16H2,1-5H3/t20-/m0/s1. The van der Waals surface area contributed by atoms with Crippen molar-refractivity contribution in [2.24, 2.45) is 5.92 Å². The Labute approximate surface area is 162 Å². The summed E-state index contributed by atoms with van der Waals surface area (Å²) < 4.78 is 10.5. The van der Waals surface area contributed by atoms with Crippen molar-refractivity contribution in [3.05, 3.63) is 54.1 Å². The van der Waals surface area contributed by atoms with Crippen LogP contribution in [0, 0.1) is 5.92 Å². The predicted molar refractivity (Wildman–Crippen MR) is 108 cm³/mol. The lowest BCUT2D eigenvalue weighted by molar-refractivity contribution is -0.158. The molecule has 148 valence electrons. The Balaban J connectivity index is 2.35. The van der Waals surface area contributed by atoms with Gasteiger partial charge in [0.15, 0.2) is 0 Å². The molecule has 1 aromatic carbocycles. The van der Waals surface area contributed by atoms with Crippen LogP contribution in [0.4, 0.5) is 0 Å². The van der Waals surface area contributed by atoms with Crippen LogP contribution in [0.2, 0.25) is 0 Å². The average molecular weight is 373 g/mol. The molecule has 0 aliphatic rings.